The molecule has 4 nitrogen and oxygen atoms in total. The predicted octanol–water partition coefficient (Wildman–Crippen LogP) is 3.19. The summed E-state index contributed by atoms with van der Waals surface area (Å²) in [6, 6.07) is 2.04. The zero-order valence-corrected chi connectivity index (χ0v) is 13.2. The van der Waals surface area contributed by atoms with Crippen LogP contribution in [0.1, 0.15) is 43.5 Å². The Morgan fingerprint density at radius 3 is 2.84 bits per heavy atom. The van der Waals surface area contributed by atoms with Crippen LogP contribution in [0.3, 0.4) is 0 Å². The van der Waals surface area contributed by atoms with E-state index in [2.05, 4.69) is 45.4 Å². The second-order valence-corrected chi connectivity index (χ2v) is 6.62. The zero-order valence-electron chi connectivity index (χ0n) is 11.6. The molecule has 2 N–H and O–H groups in total. The van der Waals surface area contributed by atoms with Gasteiger partial charge in [-0.1, -0.05) is 20.3 Å². The fourth-order valence-corrected chi connectivity index (χ4v) is 2.97. The van der Waals surface area contributed by atoms with Crippen molar-refractivity contribution >= 4 is 27.7 Å². The summed E-state index contributed by atoms with van der Waals surface area (Å²) in [4.78, 5) is 16.6. The van der Waals surface area contributed by atoms with Gasteiger partial charge in [-0.05, 0) is 40.3 Å². The quantitative estimate of drug-likeness (QED) is 0.897. The predicted molar refractivity (Wildman–Crippen MR) is 80.4 cm³/mol. The van der Waals surface area contributed by atoms with Crippen molar-refractivity contribution in [1.82, 2.24) is 10.3 Å². The van der Waals surface area contributed by atoms with Gasteiger partial charge in [0.25, 0.3) is 5.91 Å². The Hall–Kier alpha value is -1.10. The summed E-state index contributed by atoms with van der Waals surface area (Å²) in [6.07, 6.45) is 5.07. The molecule has 0 bridgehead atoms. The second kappa shape index (κ2) is 5.49. The number of nitrogens with one attached hydrogen (secondary N) is 2. The van der Waals surface area contributed by atoms with Gasteiger partial charge in [0.1, 0.15) is 5.82 Å². The van der Waals surface area contributed by atoms with Gasteiger partial charge in [-0.3, -0.25) is 4.79 Å². The standard InChI is InChI=1S/C14H20BrN3O/c1-14(2)6-4-5-11(14)18-13(19)10-7-9(15)8-17-12(10)16-3/h7-8,11H,4-6H2,1-3H3,(H,16,17)(H,18,19). The maximum absolute atomic E-state index is 12.4. The molecule has 0 aliphatic heterocycles. The number of carbonyl (C=O) groups is 1. The van der Waals surface area contributed by atoms with Crippen LogP contribution in [0.2, 0.25) is 0 Å². The minimum Gasteiger partial charge on any atom is -0.372 e. The van der Waals surface area contributed by atoms with Crippen molar-refractivity contribution in [3.63, 3.8) is 0 Å². The van der Waals surface area contributed by atoms with Crippen molar-refractivity contribution < 1.29 is 4.79 Å². The maximum atomic E-state index is 12.4. The third-order valence-corrected chi connectivity index (χ3v) is 4.33. The van der Waals surface area contributed by atoms with E-state index in [1.165, 1.54) is 6.42 Å². The summed E-state index contributed by atoms with van der Waals surface area (Å²) in [5.74, 6) is 0.551. The van der Waals surface area contributed by atoms with Crippen LogP contribution in [0.5, 0.6) is 0 Å². The molecule has 1 amide bonds. The molecule has 0 aromatic carbocycles. The topological polar surface area (TPSA) is 54.0 Å². The molecule has 2 rings (SSSR count). The minimum absolute atomic E-state index is 0.0573. The number of hydrogen-bond acceptors (Lipinski definition) is 3. The largest absolute Gasteiger partial charge is 0.372 e. The number of carbonyl (C=O) groups excluding carboxylic acids is 1. The van der Waals surface area contributed by atoms with Crippen LogP contribution in [0, 0.1) is 5.41 Å². The highest BCUT2D eigenvalue weighted by atomic mass is 79.9. The molecule has 1 aliphatic carbocycles. The van der Waals surface area contributed by atoms with Gasteiger partial charge in [-0.15, -0.1) is 0 Å². The van der Waals surface area contributed by atoms with Crippen LogP contribution in [0.4, 0.5) is 5.82 Å². The van der Waals surface area contributed by atoms with Gasteiger partial charge in [0.2, 0.25) is 0 Å². The first-order valence-electron chi connectivity index (χ1n) is 6.58. The van der Waals surface area contributed by atoms with Crippen molar-refractivity contribution in [3.8, 4) is 0 Å². The van der Waals surface area contributed by atoms with E-state index in [0.717, 1.165) is 17.3 Å². The molecule has 5 heteroatoms. The summed E-state index contributed by atoms with van der Waals surface area (Å²) in [5.41, 5.74) is 0.758. The molecular formula is C14H20BrN3O. The number of hydrogen-bond donors (Lipinski definition) is 2. The monoisotopic (exact) mass is 325 g/mol. The van der Waals surface area contributed by atoms with Gasteiger partial charge in [-0.25, -0.2) is 4.98 Å². The molecule has 1 heterocycles. The lowest BCUT2D eigenvalue weighted by Gasteiger charge is -2.28. The number of halogens is 1. The molecule has 1 fully saturated rings. The summed E-state index contributed by atoms with van der Waals surface area (Å²) in [6.45, 7) is 4.42. The number of nitrogens with zero attached hydrogens (tertiary/aromatic N) is 1. The minimum atomic E-state index is -0.0573. The van der Waals surface area contributed by atoms with Crippen LogP contribution in [0.25, 0.3) is 0 Å². The van der Waals surface area contributed by atoms with Crippen molar-refractivity contribution in [2.75, 3.05) is 12.4 Å². The third kappa shape index (κ3) is 3.08. The highest BCUT2D eigenvalue weighted by Crippen LogP contribution is 2.37. The van der Waals surface area contributed by atoms with E-state index in [1.807, 2.05) is 0 Å². The Morgan fingerprint density at radius 2 is 2.26 bits per heavy atom. The van der Waals surface area contributed by atoms with Crippen LogP contribution in [-0.2, 0) is 0 Å². The van der Waals surface area contributed by atoms with Crippen LogP contribution < -0.4 is 10.6 Å². The van der Waals surface area contributed by atoms with Gasteiger partial charge >= 0.3 is 0 Å². The van der Waals surface area contributed by atoms with E-state index in [0.29, 0.717) is 11.4 Å². The lowest BCUT2D eigenvalue weighted by atomic mass is 9.87. The van der Waals surface area contributed by atoms with Crippen molar-refractivity contribution in [3.05, 3.63) is 22.3 Å². The molecule has 1 aromatic rings. The molecule has 1 aromatic heterocycles. The third-order valence-electron chi connectivity index (χ3n) is 3.90. The normalized spacial score (nSPS) is 21.2. The summed E-state index contributed by atoms with van der Waals surface area (Å²) < 4.78 is 0.808. The van der Waals surface area contributed by atoms with Gasteiger partial charge in [0.15, 0.2) is 0 Å². The lowest BCUT2D eigenvalue weighted by molar-refractivity contribution is 0.0910. The van der Waals surface area contributed by atoms with Crippen molar-refractivity contribution in [2.45, 2.75) is 39.2 Å². The number of pyridine rings is 1. The Morgan fingerprint density at radius 1 is 1.53 bits per heavy atom. The molecule has 19 heavy (non-hydrogen) atoms. The van der Waals surface area contributed by atoms with Crippen LogP contribution >= 0.6 is 15.9 Å². The second-order valence-electron chi connectivity index (χ2n) is 5.71. The van der Waals surface area contributed by atoms with Crippen LogP contribution in [-0.4, -0.2) is 24.0 Å². The number of rotatable bonds is 3. The van der Waals surface area contributed by atoms with Gasteiger partial charge in [-0.2, -0.15) is 0 Å². The smallest absolute Gasteiger partial charge is 0.255 e. The fraction of sp³-hybridized carbons (Fsp3) is 0.571. The average Bonchev–Trinajstić information content (AvgIpc) is 2.68. The Bertz CT molecular complexity index is 488. The first kappa shape index (κ1) is 14.3. The summed E-state index contributed by atoms with van der Waals surface area (Å²) >= 11 is 3.36. The average molecular weight is 326 g/mol. The number of anilines is 1. The van der Waals surface area contributed by atoms with E-state index in [9.17, 15) is 4.79 Å². The van der Waals surface area contributed by atoms with Gasteiger partial charge < -0.3 is 10.6 Å². The summed E-state index contributed by atoms with van der Waals surface area (Å²) in [7, 11) is 1.77. The molecule has 1 aliphatic rings. The Kier molecular flexibility index (Phi) is 4.13. The van der Waals surface area contributed by atoms with Crippen LogP contribution in [0.15, 0.2) is 16.7 Å². The molecule has 1 saturated carbocycles. The fourth-order valence-electron chi connectivity index (χ4n) is 2.64. The number of aromatic nitrogens is 1. The molecule has 104 valence electrons. The molecule has 1 atom stereocenters. The Balaban J connectivity index is 2.18. The molecule has 1 unspecified atom stereocenters. The van der Waals surface area contributed by atoms with E-state index < -0.39 is 0 Å². The lowest BCUT2D eigenvalue weighted by Crippen LogP contribution is -2.41. The molecule has 0 saturated heterocycles. The first-order chi connectivity index (χ1) is 8.94. The first-order valence-corrected chi connectivity index (χ1v) is 7.37. The van der Waals surface area contributed by atoms with Crippen molar-refractivity contribution in [2.24, 2.45) is 5.41 Å². The number of amides is 1. The summed E-state index contributed by atoms with van der Waals surface area (Å²) in [5, 5.41) is 6.10. The van der Waals surface area contributed by atoms with E-state index in [-0.39, 0.29) is 17.4 Å². The SMILES string of the molecule is CNc1ncc(Br)cc1C(=O)NC1CCCC1(C)C. The maximum Gasteiger partial charge on any atom is 0.255 e. The van der Waals surface area contributed by atoms with Gasteiger partial charge in [0.05, 0.1) is 5.56 Å². The van der Waals surface area contributed by atoms with E-state index in [1.54, 1.807) is 19.3 Å². The zero-order chi connectivity index (χ0) is 14.0. The van der Waals surface area contributed by atoms with E-state index >= 15 is 0 Å². The highest BCUT2D eigenvalue weighted by Gasteiger charge is 2.35. The Labute approximate surface area is 122 Å². The molecule has 0 radical (unpaired) electrons. The molecular weight excluding hydrogens is 306 g/mol. The molecule has 0 spiro atoms. The highest BCUT2D eigenvalue weighted by molar-refractivity contribution is 9.10. The van der Waals surface area contributed by atoms with Gasteiger partial charge in [0, 0.05) is 23.8 Å². The van der Waals surface area contributed by atoms with E-state index in [4.69, 9.17) is 0 Å². The van der Waals surface area contributed by atoms with Crippen molar-refractivity contribution in [1.29, 1.82) is 0 Å².